The molecule has 0 spiro atoms. The maximum atomic E-state index is 14.5. The van der Waals surface area contributed by atoms with E-state index < -0.39 is 111 Å². The number of fused-ring (bicyclic) bond motifs is 1. The summed E-state index contributed by atoms with van der Waals surface area (Å²) in [6, 6.07) is -4.87. The number of likely N-dealkylation sites (tertiary alicyclic amines) is 1. The van der Waals surface area contributed by atoms with E-state index in [9.17, 15) is 53.9 Å². The minimum atomic E-state index is -5.33. The first-order valence-corrected chi connectivity index (χ1v) is 15.1. The average molecular weight is 633 g/mol. The second-order valence-electron chi connectivity index (χ2n) is 12.3. The summed E-state index contributed by atoms with van der Waals surface area (Å²) in [6.07, 6.45) is -5.67. The number of carbonyl (C=O) groups is 4. The van der Waals surface area contributed by atoms with E-state index in [4.69, 9.17) is 0 Å². The molecule has 0 aromatic rings. The van der Waals surface area contributed by atoms with E-state index in [-0.39, 0.29) is 19.4 Å². The monoisotopic (exact) mass is 632 g/mol. The molecule has 1 saturated carbocycles. The Morgan fingerprint density at radius 3 is 2.26 bits per heavy atom. The zero-order valence-corrected chi connectivity index (χ0v) is 24.2. The van der Waals surface area contributed by atoms with Crippen molar-refractivity contribution in [1.82, 2.24) is 20.9 Å². The van der Waals surface area contributed by atoms with Gasteiger partial charge in [0.2, 0.25) is 38.6 Å². The summed E-state index contributed by atoms with van der Waals surface area (Å²) in [7, 11) is -4.36. The molecule has 2 heterocycles. The van der Waals surface area contributed by atoms with Crippen molar-refractivity contribution in [3.05, 3.63) is 11.2 Å². The van der Waals surface area contributed by atoms with Crippen LogP contribution in [-0.4, -0.2) is 86.5 Å². The highest BCUT2D eigenvalue weighted by Gasteiger charge is 2.59. The molecule has 0 aromatic heterocycles. The third-order valence-corrected chi connectivity index (χ3v) is 8.63. The number of nitrogens with one attached hydrogen (secondary N) is 3. The predicted molar refractivity (Wildman–Crippen MR) is 136 cm³/mol. The Kier molecular flexibility index (Phi) is 9.36. The average Bonchev–Trinajstić information content (AvgIpc) is 3.45. The van der Waals surface area contributed by atoms with Crippen LogP contribution in [0.15, 0.2) is 11.2 Å². The van der Waals surface area contributed by atoms with Crippen molar-refractivity contribution in [2.45, 2.75) is 76.7 Å². The molecule has 4 amide bonds. The lowest BCUT2D eigenvalue weighted by Crippen LogP contribution is -2.60. The first-order valence-electron chi connectivity index (χ1n) is 13.2. The van der Waals surface area contributed by atoms with Crippen molar-refractivity contribution in [3.63, 3.8) is 0 Å². The Balaban J connectivity index is 1.97. The van der Waals surface area contributed by atoms with Gasteiger partial charge in [-0.2, -0.15) is 17.6 Å². The molecular formula is C25H34F6N4O6S. The summed E-state index contributed by atoms with van der Waals surface area (Å²) in [6.45, 7) is 3.97. The summed E-state index contributed by atoms with van der Waals surface area (Å²) in [5.74, 6) is -11.0. The summed E-state index contributed by atoms with van der Waals surface area (Å²) in [4.78, 5) is 52.0. The van der Waals surface area contributed by atoms with E-state index in [0.717, 1.165) is 4.90 Å². The van der Waals surface area contributed by atoms with E-state index in [1.807, 2.05) is 0 Å². The molecule has 10 nitrogen and oxygen atoms in total. The van der Waals surface area contributed by atoms with Gasteiger partial charge in [-0.1, -0.05) is 20.8 Å². The summed E-state index contributed by atoms with van der Waals surface area (Å²) >= 11 is 0. The van der Waals surface area contributed by atoms with Crippen molar-refractivity contribution in [2.24, 2.45) is 23.2 Å². The largest absolute Gasteiger partial charge is 0.471 e. The Labute approximate surface area is 238 Å². The van der Waals surface area contributed by atoms with Gasteiger partial charge in [-0.3, -0.25) is 19.2 Å². The Bertz CT molecular complexity index is 1250. The molecule has 2 saturated heterocycles. The molecule has 0 bridgehead atoms. The van der Waals surface area contributed by atoms with Crippen LogP contribution in [-0.2, 0) is 29.0 Å². The van der Waals surface area contributed by atoms with Gasteiger partial charge in [0.1, 0.15) is 12.1 Å². The number of rotatable bonds is 8. The SMILES string of the molecule is CC(C)(C)[C@H](NC(=O)C(F)(F)F)C(=O)N1C[C@H]2CC(F)(F)C[C@H]2[C@H]1C(=O)N[C@@H](/C=C(/F)S(C)(=O)=O)C[C@H]1CCNC1=O. The molecule has 3 fully saturated rings. The molecule has 3 N–H and O–H groups in total. The summed E-state index contributed by atoms with van der Waals surface area (Å²) in [5.41, 5.74) is -1.31. The van der Waals surface area contributed by atoms with Gasteiger partial charge in [0.25, 0.3) is 0 Å². The van der Waals surface area contributed by atoms with E-state index in [0.29, 0.717) is 12.3 Å². The Hall–Kier alpha value is -2.85. The van der Waals surface area contributed by atoms with Crippen molar-refractivity contribution >= 4 is 33.5 Å². The molecule has 238 valence electrons. The van der Waals surface area contributed by atoms with Gasteiger partial charge in [-0.25, -0.2) is 17.2 Å². The van der Waals surface area contributed by atoms with E-state index in [2.05, 4.69) is 10.6 Å². The van der Waals surface area contributed by atoms with E-state index in [1.165, 1.54) is 20.8 Å². The Morgan fingerprint density at radius 1 is 1.14 bits per heavy atom. The lowest BCUT2D eigenvalue weighted by molar-refractivity contribution is -0.176. The van der Waals surface area contributed by atoms with Gasteiger partial charge >= 0.3 is 12.1 Å². The fourth-order valence-corrected chi connectivity index (χ4v) is 6.19. The van der Waals surface area contributed by atoms with Crippen LogP contribution in [0.1, 0.15) is 46.5 Å². The molecule has 17 heteroatoms. The molecule has 2 aliphatic heterocycles. The van der Waals surface area contributed by atoms with Gasteiger partial charge < -0.3 is 20.9 Å². The number of amides is 4. The zero-order valence-electron chi connectivity index (χ0n) is 23.4. The molecule has 0 unspecified atom stereocenters. The summed E-state index contributed by atoms with van der Waals surface area (Å²) < 4.78 is 106. The number of carbonyl (C=O) groups excluding carboxylic acids is 4. The predicted octanol–water partition coefficient (Wildman–Crippen LogP) is 1.82. The second-order valence-corrected chi connectivity index (χ2v) is 14.2. The minimum absolute atomic E-state index is 0.252. The molecule has 1 aliphatic carbocycles. The number of hydrogen-bond acceptors (Lipinski definition) is 6. The third-order valence-electron chi connectivity index (χ3n) is 7.79. The summed E-state index contributed by atoms with van der Waals surface area (Å²) in [5, 5.41) is 4.95. The minimum Gasteiger partial charge on any atom is -0.356 e. The highest BCUT2D eigenvalue weighted by atomic mass is 32.2. The number of halogens is 6. The van der Waals surface area contributed by atoms with Crippen LogP contribution in [0.5, 0.6) is 0 Å². The van der Waals surface area contributed by atoms with Gasteiger partial charge in [-0.15, -0.1) is 0 Å². The quantitative estimate of drug-likeness (QED) is 0.349. The molecule has 6 atom stereocenters. The topological polar surface area (TPSA) is 142 Å². The number of nitrogens with zero attached hydrogens (tertiary/aromatic N) is 1. The molecule has 0 radical (unpaired) electrons. The fraction of sp³-hybridized carbons (Fsp3) is 0.760. The number of alkyl halides is 5. The first kappa shape index (κ1) is 33.6. The van der Waals surface area contributed by atoms with Crippen molar-refractivity contribution < 1.29 is 53.9 Å². The maximum Gasteiger partial charge on any atom is 0.471 e. The third kappa shape index (κ3) is 7.75. The second kappa shape index (κ2) is 11.7. The van der Waals surface area contributed by atoms with Crippen LogP contribution in [0.4, 0.5) is 26.3 Å². The van der Waals surface area contributed by atoms with Gasteiger partial charge in [-0.05, 0) is 36.2 Å². The normalized spacial score (nSPS) is 27.7. The molecular weight excluding hydrogens is 598 g/mol. The van der Waals surface area contributed by atoms with Crippen LogP contribution in [0.25, 0.3) is 0 Å². The van der Waals surface area contributed by atoms with Crippen LogP contribution >= 0.6 is 0 Å². The van der Waals surface area contributed by atoms with Gasteiger partial charge in [0.15, 0.2) is 0 Å². The fourth-order valence-electron chi connectivity index (χ4n) is 5.78. The molecule has 42 heavy (non-hydrogen) atoms. The highest BCUT2D eigenvalue weighted by molar-refractivity contribution is 7.94. The van der Waals surface area contributed by atoms with Crippen LogP contribution in [0.2, 0.25) is 0 Å². The molecule has 0 aromatic carbocycles. The first-order chi connectivity index (χ1) is 19.0. The zero-order chi connectivity index (χ0) is 32.0. The number of hydrogen-bond donors (Lipinski definition) is 3. The maximum absolute atomic E-state index is 14.5. The van der Waals surface area contributed by atoms with Crippen LogP contribution < -0.4 is 16.0 Å². The van der Waals surface area contributed by atoms with E-state index in [1.54, 1.807) is 5.32 Å². The standard InChI is InChI=1S/C25H34F6N4O6S/c1-23(2,3)18(34-22(39)25(29,30)31)21(38)35-11-13-9-24(27,28)10-15(13)17(35)20(37)33-14(8-16(26)42(4,40)41)7-12-5-6-32-19(12)36/h8,12-15,17-18H,5-7,9-11H2,1-4H3,(H,32,36)(H,33,37)(H,34,39)/b16-8-/t12-,13-,14-,15-,17+,18-/m1/s1. The van der Waals surface area contributed by atoms with Crippen molar-refractivity contribution in [1.29, 1.82) is 0 Å². The lowest BCUT2D eigenvalue weighted by atomic mass is 9.85. The number of sulfone groups is 1. The highest BCUT2D eigenvalue weighted by Crippen LogP contribution is 2.50. The van der Waals surface area contributed by atoms with Crippen LogP contribution in [0.3, 0.4) is 0 Å². The van der Waals surface area contributed by atoms with Gasteiger partial charge in [0.05, 0.1) is 6.04 Å². The van der Waals surface area contributed by atoms with E-state index >= 15 is 0 Å². The Morgan fingerprint density at radius 2 is 1.76 bits per heavy atom. The molecule has 3 rings (SSSR count). The van der Waals surface area contributed by atoms with Crippen molar-refractivity contribution in [2.75, 3.05) is 19.3 Å². The van der Waals surface area contributed by atoms with Crippen molar-refractivity contribution in [3.8, 4) is 0 Å². The smallest absolute Gasteiger partial charge is 0.356 e. The van der Waals surface area contributed by atoms with Gasteiger partial charge in [0, 0.05) is 38.1 Å². The molecule has 3 aliphatic rings. The van der Waals surface area contributed by atoms with Crippen LogP contribution in [0, 0.1) is 23.2 Å². The lowest BCUT2D eigenvalue weighted by Gasteiger charge is -2.37.